The van der Waals surface area contributed by atoms with E-state index in [1.165, 1.54) is 13.2 Å². The standard InChI is InChI=1S/C16H22N2O3/c1-4-11(2)15(16(20)21-3)18-14(19)9-8-12-6-5-7-13(17)10-12/h5-11,15H,4,17H2,1-3H3,(H,18,19)/b9-8+. The maximum absolute atomic E-state index is 11.9. The van der Waals surface area contributed by atoms with Crippen LogP contribution in [-0.2, 0) is 14.3 Å². The number of anilines is 1. The minimum atomic E-state index is -0.641. The molecule has 0 saturated heterocycles. The summed E-state index contributed by atoms with van der Waals surface area (Å²) in [6.45, 7) is 3.85. The van der Waals surface area contributed by atoms with Crippen molar-refractivity contribution in [1.82, 2.24) is 5.32 Å². The van der Waals surface area contributed by atoms with E-state index in [9.17, 15) is 9.59 Å². The molecule has 2 unspecified atom stereocenters. The maximum atomic E-state index is 11.9. The molecule has 114 valence electrons. The van der Waals surface area contributed by atoms with Gasteiger partial charge in [-0.05, 0) is 29.7 Å². The lowest BCUT2D eigenvalue weighted by Gasteiger charge is -2.20. The van der Waals surface area contributed by atoms with Crippen molar-refractivity contribution < 1.29 is 14.3 Å². The number of benzene rings is 1. The van der Waals surface area contributed by atoms with E-state index in [0.29, 0.717) is 5.69 Å². The topological polar surface area (TPSA) is 81.4 Å². The number of nitrogens with one attached hydrogen (secondary N) is 1. The summed E-state index contributed by atoms with van der Waals surface area (Å²) in [6, 6.07) is 6.54. The van der Waals surface area contributed by atoms with Crippen molar-refractivity contribution in [1.29, 1.82) is 0 Å². The molecule has 1 rings (SSSR count). The van der Waals surface area contributed by atoms with Crippen LogP contribution in [0.1, 0.15) is 25.8 Å². The van der Waals surface area contributed by atoms with Crippen LogP contribution in [0.3, 0.4) is 0 Å². The summed E-state index contributed by atoms with van der Waals surface area (Å²) in [5.41, 5.74) is 7.12. The van der Waals surface area contributed by atoms with E-state index in [-0.39, 0.29) is 11.8 Å². The first-order valence-electron chi connectivity index (χ1n) is 6.89. The number of carbonyl (C=O) groups is 2. The third-order valence-electron chi connectivity index (χ3n) is 3.30. The van der Waals surface area contributed by atoms with Gasteiger partial charge in [0, 0.05) is 11.8 Å². The predicted molar refractivity (Wildman–Crippen MR) is 83.3 cm³/mol. The van der Waals surface area contributed by atoms with Crippen molar-refractivity contribution in [2.75, 3.05) is 12.8 Å². The van der Waals surface area contributed by atoms with Gasteiger partial charge in [0.05, 0.1) is 7.11 Å². The number of carbonyl (C=O) groups excluding carboxylic acids is 2. The van der Waals surface area contributed by atoms with Gasteiger partial charge in [-0.3, -0.25) is 4.79 Å². The lowest BCUT2D eigenvalue weighted by molar-refractivity contribution is -0.146. The van der Waals surface area contributed by atoms with Crippen molar-refractivity contribution in [2.24, 2.45) is 5.92 Å². The Bertz CT molecular complexity index is 526. The zero-order chi connectivity index (χ0) is 15.8. The third-order valence-corrected chi connectivity index (χ3v) is 3.30. The summed E-state index contributed by atoms with van der Waals surface area (Å²) in [6.07, 6.45) is 3.79. The number of esters is 1. The van der Waals surface area contributed by atoms with Crippen LogP contribution >= 0.6 is 0 Å². The fraction of sp³-hybridized carbons (Fsp3) is 0.375. The van der Waals surface area contributed by atoms with Gasteiger partial charge in [-0.2, -0.15) is 0 Å². The minimum absolute atomic E-state index is 0.00201. The Morgan fingerprint density at radius 1 is 1.43 bits per heavy atom. The molecule has 0 fully saturated rings. The van der Waals surface area contributed by atoms with Gasteiger partial charge in [0.15, 0.2) is 0 Å². The fourth-order valence-corrected chi connectivity index (χ4v) is 1.83. The van der Waals surface area contributed by atoms with Crippen LogP contribution < -0.4 is 11.1 Å². The number of rotatable bonds is 6. The van der Waals surface area contributed by atoms with Gasteiger partial charge in [0.1, 0.15) is 6.04 Å². The number of hydrogen-bond acceptors (Lipinski definition) is 4. The summed E-state index contributed by atoms with van der Waals surface area (Å²) in [7, 11) is 1.31. The molecular formula is C16H22N2O3. The van der Waals surface area contributed by atoms with Crippen LogP contribution in [0.5, 0.6) is 0 Å². The van der Waals surface area contributed by atoms with Gasteiger partial charge in [0.25, 0.3) is 0 Å². The van der Waals surface area contributed by atoms with Gasteiger partial charge < -0.3 is 15.8 Å². The monoisotopic (exact) mass is 290 g/mol. The molecule has 1 amide bonds. The molecule has 1 aromatic rings. The molecule has 5 heteroatoms. The molecule has 0 heterocycles. The zero-order valence-electron chi connectivity index (χ0n) is 12.6. The van der Waals surface area contributed by atoms with Gasteiger partial charge in [-0.25, -0.2) is 4.79 Å². The van der Waals surface area contributed by atoms with Gasteiger partial charge in [-0.1, -0.05) is 32.4 Å². The third kappa shape index (κ3) is 5.30. The maximum Gasteiger partial charge on any atom is 0.328 e. The molecule has 0 aliphatic rings. The normalized spacial score (nSPS) is 13.7. The highest BCUT2D eigenvalue weighted by atomic mass is 16.5. The second-order valence-corrected chi connectivity index (χ2v) is 4.90. The first-order valence-corrected chi connectivity index (χ1v) is 6.89. The second-order valence-electron chi connectivity index (χ2n) is 4.90. The molecule has 0 aliphatic carbocycles. The summed E-state index contributed by atoms with van der Waals surface area (Å²) in [5, 5.41) is 2.67. The molecule has 2 atom stereocenters. The van der Waals surface area contributed by atoms with E-state index in [2.05, 4.69) is 5.32 Å². The van der Waals surface area contributed by atoms with Gasteiger partial charge in [0.2, 0.25) is 5.91 Å². The first-order chi connectivity index (χ1) is 9.97. The van der Waals surface area contributed by atoms with Crippen LogP contribution in [0.2, 0.25) is 0 Å². The largest absolute Gasteiger partial charge is 0.467 e. The summed E-state index contributed by atoms with van der Waals surface area (Å²) in [5.74, 6) is -0.773. The Labute approximate surface area is 125 Å². The predicted octanol–water partition coefficient (Wildman–Crippen LogP) is 1.99. The molecule has 0 aromatic heterocycles. The van der Waals surface area contributed by atoms with E-state index in [1.807, 2.05) is 26.0 Å². The van der Waals surface area contributed by atoms with Crippen molar-refractivity contribution >= 4 is 23.6 Å². The van der Waals surface area contributed by atoms with Crippen molar-refractivity contribution in [2.45, 2.75) is 26.3 Å². The SMILES string of the molecule is CCC(C)C(NC(=O)/C=C/c1cccc(N)c1)C(=O)OC. The molecule has 21 heavy (non-hydrogen) atoms. The number of nitrogens with two attached hydrogens (primary N) is 1. The molecule has 1 aromatic carbocycles. The highest BCUT2D eigenvalue weighted by Gasteiger charge is 2.25. The van der Waals surface area contributed by atoms with Crippen molar-refractivity contribution in [3.8, 4) is 0 Å². The van der Waals surface area contributed by atoms with Crippen LogP contribution in [-0.4, -0.2) is 25.0 Å². The highest BCUT2D eigenvalue weighted by molar-refractivity contribution is 5.94. The molecule has 0 aliphatic heterocycles. The Morgan fingerprint density at radius 3 is 2.71 bits per heavy atom. The Hall–Kier alpha value is -2.30. The molecule has 0 radical (unpaired) electrons. The average molecular weight is 290 g/mol. The lowest BCUT2D eigenvalue weighted by atomic mass is 9.99. The summed E-state index contributed by atoms with van der Waals surface area (Å²) >= 11 is 0. The van der Waals surface area contributed by atoms with Crippen LogP contribution in [0.15, 0.2) is 30.3 Å². The lowest BCUT2D eigenvalue weighted by Crippen LogP contribution is -2.45. The highest BCUT2D eigenvalue weighted by Crippen LogP contribution is 2.10. The quantitative estimate of drug-likeness (QED) is 0.477. The van der Waals surface area contributed by atoms with E-state index < -0.39 is 12.0 Å². The van der Waals surface area contributed by atoms with Crippen LogP contribution in [0.4, 0.5) is 5.69 Å². The molecule has 3 N–H and O–H groups in total. The molecule has 0 saturated carbocycles. The number of ether oxygens (including phenoxy) is 1. The van der Waals surface area contributed by atoms with Crippen LogP contribution in [0.25, 0.3) is 6.08 Å². The van der Waals surface area contributed by atoms with Crippen molar-refractivity contribution in [3.05, 3.63) is 35.9 Å². The Morgan fingerprint density at radius 2 is 2.14 bits per heavy atom. The molecule has 0 spiro atoms. The average Bonchev–Trinajstić information content (AvgIpc) is 2.49. The van der Waals surface area contributed by atoms with Crippen molar-refractivity contribution in [3.63, 3.8) is 0 Å². The smallest absolute Gasteiger partial charge is 0.328 e. The molecule has 5 nitrogen and oxygen atoms in total. The summed E-state index contributed by atoms with van der Waals surface area (Å²) < 4.78 is 4.72. The van der Waals surface area contributed by atoms with Gasteiger partial charge in [-0.15, -0.1) is 0 Å². The van der Waals surface area contributed by atoms with E-state index in [0.717, 1.165) is 12.0 Å². The van der Waals surface area contributed by atoms with Gasteiger partial charge >= 0.3 is 5.97 Å². The van der Waals surface area contributed by atoms with E-state index >= 15 is 0 Å². The fourth-order valence-electron chi connectivity index (χ4n) is 1.83. The number of methoxy groups -OCH3 is 1. The minimum Gasteiger partial charge on any atom is -0.467 e. The number of nitrogen functional groups attached to an aromatic ring is 1. The first kappa shape index (κ1) is 16.8. The van der Waals surface area contributed by atoms with E-state index in [1.54, 1.807) is 18.2 Å². The molecular weight excluding hydrogens is 268 g/mol. The molecule has 0 bridgehead atoms. The summed E-state index contributed by atoms with van der Waals surface area (Å²) in [4.78, 5) is 23.6. The van der Waals surface area contributed by atoms with Crippen LogP contribution in [0, 0.1) is 5.92 Å². The zero-order valence-corrected chi connectivity index (χ0v) is 12.6. The number of amides is 1. The second kappa shape index (κ2) is 8.09. The number of hydrogen-bond donors (Lipinski definition) is 2. The Balaban J connectivity index is 2.72. The Kier molecular flexibility index (Phi) is 6.46. The van der Waals surface area contributed by atoms with E-state index in [4.69, 9.17) is 10.5 Å².